The second-order valence-corrected chi connectivity index (χ2v) is 2.95. The summed E-state index contributed by atoms with van der Waals surface area (Å²) in [6.45, 7) is 0.708. The first-order chi connectivity index (χ1) is 6.27. The van der Waals surface area contributed by atoms with Gasteiger partial charge in [0.15, 0.2) is 0 Å². The van der Waals surface area contributed by atoms with Gasteiger partial charge in [0.25, 0.3) is 5.69 Å². The number of nitro benzene ring substituents is 1. The zero-order valence-corrected chi connectivity index (χ0v) is 6.90. The van der Waals surface area contributed by atoms with Crippen molar-refractivity contribution in [3.63, 3.8) is 0 Å². The number of hydrogen-bond donors (Lipinski definition) is 0. The first kappa shape index (κ1) is 8.19. The van der Waals surface area contributed by atoms with Crippen molar-refractivity contribution in [1.29, 1.82) is 0 Å². The number of nitrogens with zero attached hydrogens (tertiary/aromatic N) is 1. The summed E-state index contributed by atoms with van der Waals surface area (Å²) in [5.41, 5.74) is 0.771. The van der Waals surface area contributed by atoms with Crippen LogP contribution >= 0.6 is 0 Å². The van der Waals surface area contributed by atoms with Crippen molar-refractivity contribution in [3.8, 4) is 0 Å². The molecule has 13 heavy (non-hydrogen) atoms. The number of ether oxygens (including phenoxy) is 1. The highest BCUT2D eigenvalue weighted by Crippen LogP contribution is 2.23. The van der Waals surface area contributed by atoms with Crippen LogP contribution in [0, 0.1) is 16.2 Å². The topological polar surface area (TPSA) is 55.7 Å². The quantitative estimate of drug-likeness (QED) is 0.398. The summed E-state index contributed by atoms with van der Waals surface area (Å²) >= 11 is 0. The normalized spacial score (nSPS) is 19.8. The van der Waals surface area contributed by atoms with Crippen molar-refractivity contribution in [1.82, 2.24) is 0 Å². The highest BCUT2D eigenvalue weighted by Gasteiger charge is 2.26. The number of epoxide rings is 1. The largest absolute Gasteiger partial charge is 0.373 e. The van der Waals surface area contributed by atoms with E-state index in [1.807, 2.05) is 0 Å². The number of nitro groups is 1. The maximum absolute atomic E-state index is 10.6. The lowest BCUT2D eigenvalue weighted by atomic mass is 10.1. The van der Waals surface area contributed by atoms with Gasteiger partial charge in [0.2, 0.25) is 0 Å². The molecule has 0 amide bonds. The molecule has 1 aromatic carbocycles. The van der Waals surface area contributed by atoms with E-state index in [0.717, 1.165) is 0 Å². The molecule has 1 aliphatic rings. The standard InChI is InChI=1S/C9H8NO3/c11-10(12)9-4-2-1-3-7(9)5-8-6-13-8/h1-2,4,8H,5-6H2/t8-/m0/s1. The third-order valence-corrected chi connectivity index (χ3v) is 1.95. The molecule has 4 heteroatoms. The van der Waals surface area contributed by atoms with Crippen LogP contribution in [0.25, 0.3) is 0 Å². The number of rotatable bonds is 3. The molecule has 0 saturated carbocycles. The molecule has 1 fully saturated rings. The zero-order chi connectivity index (χ0) is 9.26. The lowest BCUT2D eigenvalue weighted by Crippen LogP contribution is -1.99. The molecule has 0 unspecified atom stereocenters. The van der Waals surface area contributed by atoms with Crippen LogP contribution < -0.4 is 0 Å². The molecule has 0 aliphatic carbocycles. The smallest absolute Gasteiger partial charge is 0.273 e. The van der Waals surface area contributed by atoms with E-state index in [0.29, 0.717) is 18.6 Å². The number of hydrogen-bond acceptors (Lipinski definition) is 3. The van der Waals surface area contributed by atoms with Crippen molar-refractivity contribution in [3.05, 3.63) is 39.9 Å². The van der Waals surface area contributed by atoms with Gasteiger partial charge in [-0.15, -0.1) is 0 Å². The second kappa shape index (κ2) is 3.14. The van der Waals surface area contributed by atoms with Crippen molar-refractivity contribution in [2.75, 3.05) is 6.61 Å². The Bertz CT molecular complexity index is 333. The fraction of sp³-hybridized carbons (Fsp3) is 0.333. The predicted molar refractivity (Wildman–Crippen MR) is 45.4 cm³/mol. The SMILES string of the molecule is O=[N+]([O-])c1ccc[c]c1C[C@H]1CO1. The Kier molecular flexibility index (Phi) is 1.98. The van der Waals surface area contributed by atoms with Gasteiger partial charge in [0, 0.05) is 18.1 Å². The molecule has 67 valence electrons. The first-order valence-electron chi connectivity index (χ1n) is 4.03. The van der Waals surface area contributed by atoms with Gasteiger partial charge < -0.3 is 4.74 Å². The molecule has 0 spiro atoms. The van der Waals surface area contributed by atoms with Gasteiger partial charge in [0.1, 0.15) is 0 Å². The summed E-state index contributed by atoms with van der Waals surface area (Å²) in [5, 5.41) is 10.6. The lowest BCUT2D eigenvalue weighted by molar-refractivity contribution is -0.385. The predicted octanol–water partition coefficient (Wildman–Crippen LogP) is 1.34. The van der Waals surface area contributed by atoms with E-state index in [9.17, 15) is 10.1 Å². The van der Waals surface area contributed by atoms with Crippen molar-refractivity contribution >= 4 is 5.69 Å². The van der Waals surface area contributed by atoms with Crippen molar-refractivity contribution in [2.45, 2.75) is 12.5 Å². The highest BCUT2D eigenvalue weighted by molar-refractivity contribution is 5.39. The van der Waals surface area contributed by atoms with Crippen molar-refractivity contribution < 1.29 is 9.66 Å². The van der Waals surface area contributed by atoms with E-state index in [2.05, 4.69) is 6.07 Å². The molecule has 0 aromatic heterocycles. The van der Waals surface area contributed by atoms with E-state index < -0.39 is 0 Å². The Morgan fingerprint density at radius 1 is 1.77 bits per heavy atom. The molecule has 4 nitrogen and oxygen atoms in total. The zero-order valence-electron chi connectivity index (χ0n) is 6.90. The van der Waals surface area contributed by atoms with Gasteiger partial charge in [-0.3, -0.25) is 10.1 Å². The van der Waals surface area contributed by atoms with Gasteiger partial charge in [-0.1, -0.05) is 12.1 Å². The van der Waals surface area contributed by atoms with Crippen LogP contribution in [-0.4, -0.2) is 17.6 Å². The summed E-state index contributed by atoms with van der Waals surface area (Å²) in [6, 6.07) is 7.67. The molecular weight excluding hydrogens is 170 g/mol. The van der Waals surface area contributed by atoms with Gasteiger partial charge in [-0.25, -0.2) is 0 Å². The van der Waals surface area contributed by atoms with Gasteiger partial charge in [-0.2, -0.15) is 0 Å². The molecule has 1 radical (unpaired) electrons. The highest BCUT2D eigenvalue weighted by atomic mass is 16.6. The van der Waals surface area contributed by atoms with Crippen LogP contribution in [0.15, 0.2) is 18.2 Å². The first-order valence-corrected chi connectivity index (χ1v) is 4.03. The second-order valence-electron chi connectivity index (χ2n) is 2.95. The Morgan fingerprint density at radius 3 is 3.15 bits per heavy atom. The van der Waals surface area contributed by atoms with Crippen LogP contribution in [0.3, 0.4) is 0 Å². The summed E-state index contributed by atoms with van der Waals surface area (Å²) in [5.74, 6) is 0. The van der Waals surface area contributed by atoms with E-state index in [1.54, 1.807) is 12.1 Å². The molecule has 1 heterocycles. The summed E-state index contributed by atoms with van der Waals surface area (Å²) < 4.78 is 5.00. The van der Waals surface area contributed by atoms with E-state index in [1.165, 1.54) is 6.07 Å². The van der Waals surface area contributed by atoms with Crippen LogP contribution in [0.2, 0.25) is 0 Å². The summed E-state index contributed by atoms with van der Waals surface area (Å²) in [7, 11) is 0. The maximum Gasteiger partial charge on any atom is 0.273 e. The molecular formula is C9H8NO3. The molecule has 2 rings (SSSR count). The van der Waals surface area contributed by atoms with Gasteiger partial charge in [0.05, 0.1) is 17.6 Å². The Morgan fingerprint density at radius 2 is 2.54 bits per heavy atom. The third kappa shape index (κ3) is 1.84. The molecule has 1 saturated heterocycles. The third-order valence-electron chi connectivity index (χ3n) is 1.95. The summed E-state index contributed by atoms with van der Waals surface area (Å²) in [6.07, 6.45) is 0.759. The minimum absolute atomic E-state index is 0.137. The molecule has 0 bridgehead atoms. The monoisotopic (exact) mass is 178 g/mol. The minimum Gasteiger partial charge on any atom is -0.373 e. The Labute approximate surface area is 75.3 Å². The van der Waals surface area contributed by atoms with E-state index in [-0.39, 0.29) is 16.7 Å². The van der Waals surface area contributed by atoms with Gasteiger partial charge >= 0.3 is 0 Å². The number of benzene rings is 1. The molecule has 1 atom stereocenters. The van der Waals surface area contributed by atoms with Crippen LogP contribution in [0.4, 0.5) is 5.69 Å². The Hall–Kier alpha value is -1.42. The average Bonchev–Trinajstić information content (AvgIpc) is 2.89. The summed E-state index contributed by atoms with van der Waals surface area (Å²) in [4.78, 5) is 10.2. The maximum atomic E-state index is 10.6. The fourth-order valence-electron chi connectivity index (χ4n) is 1.21. The molecule has 0 N–H and O–H groups in total. The van der Waals surface area contributed by atoms with E-state index in [4.69, 9.17) is 4.74 Å². The van der Waals surface area contributed by atoms with Crippen LogP contribution in [-0.2, 0) is 11.2 Å². The van der Waals surface area contributed by atoms with E-state index >= 15 is 0 Å². The molecule has 1 aliphatic heterocycles. The van der Waals surface area contributed by atoms with Crippen LogP contribution in [0.5, 0.6) is 0 Å². The lowest BCUT2D eigenvalue weighted by Gasteiger charge is -1.98. The fourth-order valence-corrected chi connectivity index (χ4v) is 1.21. The molecule has 1 aromatic rings. The van der Waals surface area contributed by atoms with Crippen molar-refractivity contribution in [2.24, 2.45) is 0 Å². The van der Waals surface area contributed by atoms with Crippen LogP contribution in [0.1, 0.15) is 5.56 Å². The van der Waals surface area contributed by atoms with Gasteiger partial charge in [-0.05, 0) is 6.07 Å². The minimum atomic E-state index is -0.381. The Balaban J connectivity index is 2.25. The average molecular weight is 178 g/mol.